The van der Waals surface area contributed by atoms with Crippen LogP contribution >= 0.6 is 0 Å². The van der Waals surface area contributed by atoms with Crippen molar-refractivity contribution in [3.8, 4) is 0 Å². The summed E-state index contributed by atoms with van der Waals surface area (Å²) in [5.41, 5.74) is 1.26. The molecular weight excluding hydrogens is 759 g/mol. The van der Waals surface area contributed by atoms with Gasteiger partial charge in [0.25, 0.3) is 5.91 Å². The Balaban J connectivity index is 2.47. The third-order valence-electron chi connectivity index (χ3n) is 11.0. The molecule has 9 nitrogen and oxygen atoms in total. The van der Waals surface area contributed by atoms with Crippen molar-refractivity contribution < 1.29 is 19.2 Å². The number of aliphatic imine (C=N–C) groups is 1. The number of allylic oxidation sites excluding steroid dienone is 4. The van der Waals surface area contributed by atoms with Gasteiger partial charge >= 0.3 is 0 Å². The highest BCUT2D eigenvalue weighted by Crippen LogP contribution is 2.12. The number of rotatable bonds is 41. The number of hydrogen-bond donors (Lipinski definition) is 4. The van der Waals surface area contributed by atoms with Gasteiger partial charge < -0.3 is 21.3 Å². The maximum absolute atomic E-state index is 13.3. The van der Waals surface area contributed by atoms with E-state index in [4.69, 9.17) is 0 Å². The summed E-state index contributed by atoms with van der Waals surface area (Å²) in [5, 5.41) is 11.6. The Morgan fingerprint density at radius 2 is 1.00 bits per heavy atom. The fourth-order valence-electron chi connectivity index (χ4n) is 7.17. The van der Waals surface area contributed by atoms with Crippen LogP contribution in [0.25, 0.3) is 0 Å². The molecule has 346 valence electrons. The van der Waals surface area contributed by atoms with Crippen molar-refractivity contribution in [3.63, 3.8) is 0 Å². The minimum Gasteiger partial charge on any atom is -0.353 e. The predicted molar refractivity (Wildman–Crippen MR) is 258 cm³/mol. The maximum Gasteiger partial charge on any atom is 0.251 e. The van der Waals surface area contributed by atoms with E-state index in [2.05, 4.69) is 64.4 Å². The van der Waals surface area contributed by atoms with Gasteiger partial charge in [0, 0.05) is 49.8 Å². The van der Waals surface area contributed by atoms with Gasteiger partial charge in [-0.15, -0.1) is 0 Å². The Morgan fingerprint density at radius 3 is 1.52 bits per heavy atom. The molecule has 4 N–H and O–H groups in total. The van der Waals surface area contributed by atoms with Gasteiger partial charge in [-0.05, 0) is 76.7 Å². The van der Waals surface area contributed by atoms with Crippen LogP contribution in [0.4, 0.5) is 0 Å². The minimum atomic E-state index is -0.874. The Bertz CT molecular complexity index is 1340. The first-order valence-corrected chi connectivity index (χ1v) is 24.9. The van der Waals surface area contributed by atoms with Gasteiger partial charge in [0.05, 0.1) is 6.54 Å². The molecule has 61 heavy (non-hydrogen) atoms. The summed E-state index contributed by atoms with van der Waals surface area (Å²) in [7, 11) is 0. The van der Waals surface area contributed by atoms with Crippen molar-refractivity contribution in [3.05, 3.63) is 59.7 Å². The number of carbonyl (C=O) groups excluding carboxylic acids is 4. The average Bonchev–Trinajstić information content (AvgIpc) is 3.26. The molecule has 0 saturated heterocycles. The Morgan fingerprint density at radius 1 is 0.525 bits per heavy atom. The number of hydrogen-bond acceptors (Lipinski definition) is 5. The van der Waals surface area contributed by atoms with E-state index in [9.17, 15) is 19.2 Å². The van der Waals surface area contributed by atoms with Crippen LogP contribution in [0.15, 0.2) is 53.6 Å². The van der Waals surface area contributed by atoms with Crippen molar-refractivity contribution in [2.45, 2.75) is 213 Å². The Kier molecular flexibility index (Phi) is 37.7. The monoisotopic (exact) mass is 848 g/mol. The molecule has 1 atom stereocenters. The van der Waals surface area contributed by atoms with Crippen LogP contribution in [-0.2, 0) is 14.4 Å². The number of benzene rings is 1. The molecule has 0 aliphatic heterocycles. The van der Waals surface area contributed by atoms with Crippen molar-refractivity contribution in [2.75, 3.05) is 26.2 Å². The second-order valence-electron chi connectivity index (χ2n) is 16.8. The summed E-state index contributed by atoms with van der Waals surface area (Å²) >= 11 is 0. The summed E-state index contributed by atoms with van der Waals surface area (Å²) < 4.78 is 0. The molecule has 0 aliphatic rings. The van der Waals surface area contributed by atoms with Crippen molar-refractivity contribution in [1.82, 2.24) is 21.3 Å². The van der Waals surface area contributed by atoms with E-state index in [1.807, 2.05) is 25.1 Å². The normalized spacial score (nSPS) is 12.0. The van der Waals surface area contributed by atoms with E-state index >= 15 is 0 Å². The number of unbranched alkanes of at least 4 members (excludes halogenated alkanes) is 22. The topological polar surface area (TPSA) is 129 Å². The lowest BCUT2D eigenvalue weighted by molar-refractivity contribution is -0.129. The van der Waals surface area contributed by atoms with E-state index < -0.39 is 6.04 Å². The van der Waals surface area contributed by atoms with E-state index in [-0.39, 0.29) is 36.7 Å². The molecule has 0 heterocycles. The van der Waals surface area contributed by atoms with Gasteiger partial charge in [-0.1, -0.05) is 166 Å². The smallest absolute Gasteiger partial charge is 0.251 e. The SMILES string of the molecule is CCCCCCCC/C=C\CCCCCCCC(=O)NCC(NC(=O)CCCCCCC/C=C\CCCCCCCC)C(=O)NCC/N=C\c1ccccc1C(=O)NCCC. The van der Waals surface area contributed by atoms with Gasteiger partial charge in [0.15, 0.2) is 0 Å². The molecule has 0 spiro atoms. The van der Waals surface area contributed by atoms with E-state index in [0.29, 0.717) is 37.1 Å². The van der Waals surface area contributed by atoms with Gasteiger partial charge in [0.2, 0.25) is 17.7 Å². The second kappa shape index (κ2) is 41.6. The van der Waals surface area contributed by atoms with E-state index in [1.54, 1.807) is 12.3 Å². The Hall–Kier alpha value is -3.75. The fraction of sp³-hybridized carbons (Fsp3) is 0.712. The van der Waals surface area contributed by atoms with Crippen molar-refractivity contribution >= 4 is 29.8 Å². The predicted octanol–water partition coefficient (Wildman–Crippen LogP) is 12.0. The molecule has 1 unspecified atom stereocenters. The molecule has 0 fully saturated rings. The van der Waals surface area contributed by atoms with Crippen LogP contribution in [0, 0.1) is 0 Å². The second-order valence-corrected chi connectivity index (χ2v) is 16.8. The largest absolute Gasteiger partial charge is 0.353 e. The number of amides is 4. The molecule has 4 amide bonds. The summed E-state index contributed by atoms with van der Waals surface area (Å²) in [4.78, 5) is 56.0. The molecule has 0 radical (unpaired) electrons. The van der Waals surface area contributed by atoms with Gasteiger partial charge in [-0.3, -0.25) is 24.2 Å². The van der Waals surface area contributed by atoms with Crippen LogP contribution in [0.3, 0.4) is 0 Å². The van der Waals surface area contributed by atoms with Crippen LogP contribution in [0.1, 0.15) is 223 Å². The summed E-state index contributed by atoms with van der Waals surface area (Å²) in [5.74, 6) is -0.779. The van der Waals surface area contributed by atoms with Crippen LogP contribution in [0.2, 0.25) is 0 Å². The van der Waals surface area contributed by atoms with Crippen molar-refractivity contribution in [1.29, 1.82) is 0 Å². The molecule has 1 aromatic rings. The molecule has 0 bridgehead atoms. The van der Waals surface area contributed by atoms with Gasteiger partial charge in [0.1, 0.15) is 6.04 Å². The van der Waals surface area contributed by atoms with E-state index in [1.165, 1.54) is 109 Å². The number of nitrogens with one attached hydrogen (secondary N) is 4. The first-order chi connectivity index (χ1) is 29.9. The summed E-state index contributed by atoms with van der Waals surface area (Å²) in [6.07, 6.45) is 43.6. The standard InChI is InChI=1S/C52H89N5O4/c1-4-7-9-11-13-15-17-19-21-23-25-27-29-31-33-39-49(58)56-45-48(52(61)55-43-42-53-44-46-37-35-36-38-47(46)51(60)54-41-6-3)57-50(59)40-34-32-30-28-26-24-22-20-18-16-14-12-10-8-5-2/h19-22,35-38,44,48H,4-18,23-34,39-43,45H2,1-3H3,(H,54,60)(H,55,61)(H,56,58)(H,57,59)/b21-19-,22-20-,53-44-. The quantitative estimate of drug-likeness (QED) is 0.0297. The third kappa shape index (κ3) is 33.5. The first-order valence-electron chi connectivity index (χ1n) is 24.9. The van der Waals surface area contributed by atoms with Gasteiger partial charge in [-0.25, -0.2) is 0 Å². The van der Waals surface area contributed by atoms with Gasteiger partial charge in [-0.2, -0.15) is 0 Å². The Labute approximate surface area is 373 Å². The maximum atomic E-state index is 13.3. The summed E-state index contributed by atoms with van der Waals surface area (Å²) in [6, 6.07) is 6.41. The molecule has 9 heteroatoms. The minimum absolute atomic E-state index is 0.0391. The molecule has 0 saturated carbocycles. The average molecular weight is 848 g/mol. The third-order valence-corrected chi connectivity index (χ3v) is 11.0. The molecular formula is C52H89N5O4. The number of nitrogens with zero attached hydrogens (tertiary/aromatic N) is 1. The fourth-order valence-corrected chi connectivity index (χ4v) is 7.17. The zero-order valence-corrected chi connectivity index (χ0v) is 39.2. The molecule has 1 rings (SSSR count). The zero-order valence-electron chi connectivity index (χ0n) is 39.2. The van der Waals surface area contributed by atoms with Crippen LogP contribution < -0.4 is 21.3 Å². The lowest BCUT2D eigenvalue weighted by atomic mass is 10.1. The lowest BCUT2D eigenvalue weighted by Gasteiger charge is -2.19. The number of carbonyl (C=O) groups is 4. The lowest BCUT2D eigenvalue weighted by Crippen LogP contribution is -2.53. The van der Waals surface area contributed by atoms with Crippen molar-refractivity contribution in [2.24, 2.45) is 4.99 Å². The first kappa shape index (κ1) is 55.3. The molecule has 0 aliphatic carbocycles. The zero-order chi connectivity index (χ0) is 44.3. The van der Waals surface area contributed by atoms with E-state index in [0.717, 1.165) is 64.2 Å². The highest BCUT2D eigenvalue weighted by molar-refractivity contribution is 6.02. The van der Waals surface area contributed by atoms with Crippen LogP contribution in [0.5, 0.6) is 0 Å². The highest BCUT2D eigenvalue weighted by Gasteiger charge is 2.21. The molecule has 1 aromatic carbocycles. The molecule has 0 aromatic heterocycles. The van der Waals surface area contributed by atoms with Crippen LogP contribution in [-0.4, -0.2) is 62.1 Å². The highest BCUT2D eigenvalue weighted by atomic mass is 16.2. The summed E-state index contributed by atoms with van der Waals surface area (Å²) in [6.45, 7) is 7.71.